The molecule has 1 unspecified atom stereocenters. The lowest BCUT2D eigenvalue weighted by atomic mass is 10.2. The molecule has 2 aromatic heterocycles. The van der Waals surface area contributed by atoms with Gasteiger partial charge in [-0.2, -0.15) is 23.1 Å². The number of nitrogens with one attached hydrogen (secondary N) is 1. The van der Waals surface area contributed by atoms with E-state index in [1.54, 1.807) is 12.1 Å². The lowest BCUT2D eigenvalue weighted by molar-refractivity contribution is -0.134. The van der Waals surface area contributed by atoms with Crippen LogP contribution in [0.4, 0.5) is 29.2 Å². The van der Waals surface area contributed by atoms with Crippen molar-refractivity contribution in [2.24, 2.45) is 0 Å². The van der Waals surface area contributed by atoms with Gasteiger partial charge in [-0.15, -0.1) is 11.3 Å². The third-order valence-corrected chi connectivity index (χ3v) is 7.51. The fourth-order valence-electron chi connectivity index (χ4n) is 4.46. The Bertz CT molecular complexity index is 1270. The number of piperazine rings is 1. The van der Waals surface area contributed by atoms with Crippen LogP contribution >= 0.6 is 11.3 Å². The summed E-state index contributed by atoms with van der Waals surface area (Å²) in [6.45, 7) is 4.18. The molecule has 1 aromatic carbocycles. The largest absolute Gasteiger partial charge is 0.425 e. The molecular formula is C24H26F4N6O2S. The maximum absolute atomic E-state index is 13.3. The van der Waals surface area contributed by atoms with E-state index in [1.165, 1.54) is 22.8 Å². The fourth-order valence-corrected chi connectivity index (χ4v) is 5.32. The summed E-state index contributed by atoms with van der Waals surface area (Å²) >= 11 is 0.606. The van der Waals surface area contributed by atoms with Crippen LogP contribution in [0, 0.1) is 5.82 Å². The van der Waals surface area contributed by atoms with E-state index >= 15 is 0 Å². The van der Waals surface area contributed by atoms with E-state index in [4.69, 9.17) is 9.72 Å². The number of aromatic nitrogens is 3. The molecule has 37 heavy (non-hydrogen) atoms. The number of hydrogen-bond acceptors (Lipinski definition) is 8. The third-order valence-electron chi connectivity index (χ3n) is 6.39. The molecular weight excluding hydrogens is 512 g/mol. The Kier molecular flexibility index (Phi) is 7.45. The molecule has 0 spiro atoms. The number of hydrogen-bond donors (Lipinski definition) is 1. The number of rotatable bonds is 6. The highest BCUT2D eigenvalue weighted by atomic mass is 32.1. The monoisotopic (exact) mass is 538 g/mol. The van der Waals surface area contributed by atoms with Crippen LogP contribution in [0.15, 0.2) is 41.2 Å². The van der Waals surface area contributed by atoms with Crippen LogP contribution in [-0.4, -0.2) is 66.5 Å². The maximum Gasteiger partial charge on any atom is 0.425 e. The first-order valence-corrected chi connectivity index (χ1v) is 12.8. The van der Waals surface area contributed by atoms with Gasteiger partial charge in [0.15, 0.2) is 0 Å². The average molecular weight is 539 g/mol. The van der Waals surface area contributed by atoms with Gasteiger partial charge in [0.1, 0.15) is 16.5 Å². The number of halogens is 4. The molecule has 2 saturated heterocycles. The predicted molar refractivity (Wildman–Crippen MR) is 132 cm³/mol. The van der Waals surface area contributed by atoms with E-state index in [9.17, 15) is 22.4 Å². The molecule has 4 heterocycles. The summed E-state index contributed by atoms with van der Waals surface area (Å²) < 4.78 is 59.7. The summed E-state index contributed by atoms with van der Waals surface area (Å²) in [5, 5.41) is 3.24. The minimum atomic E-state index is -4.44. The van der Waals surface area contributed by atoms with E-state index in [2.05, 4.69) is 15.2 Å². The van der Waals surface area contributed by atoms with E-state index in [1.807, 2.05) is 4.90 Å². The van der Waals surface area contributed by atoms with Gasteiger partial charge in [-0.3, -0.25) is 4.57 Å². The van der Waals surface area contributed by atoms with Crippen LogP contribution in [0.1, 0.15) is 15.6 Å². The number of anilines is 2. The van der Waals surface area contributed by atoms with Gasteiger partial charge in [0.05, 0.1) is 19.3 Å². The Morgan fingerprint density at radius 1 is 1.03 bits per heavy atom. The zero-order valence-electron chi connectivity index (χ0n) is 19.9. The first-order chi connectivity index (χ1) is 17.8. The quantitative estimate of drug-likeness (QED) is 0.484. The van der Waals surface area contributed by atoms with Gasteiger partial charge in [0.25, 0.3) is 0 Å². The molecule has 8 nitrogen and oxygen atoms in total. The number of thiophene rings is 1. The van der Waals surface area contributed by atoms with Gasteiger partial charge >= 0.3 is 11.9 Å². The van der Waals surface area contributed by atoms with Crippen molar-refractivity contribution in [1.29, 1.82) is 0 Å². The summed E-state index contributed by atoms with van der Waals surface area (Å²) in [5.74, 6) is 0.422. The number of benzene rings is 1. The first-order valence-electron chi connectivity index (χ1n) is 12.0. The molecule has 1 N–H and O–H groups in total. The zero-order chi connectivity index (χ0) is 26.0. The third kappa shape index (κ3) is 6.11. The van der Waals surface area contributed by atoms with Crippen molar-refractivity contribution in [2.75, 3.05) is 55.7 Å². The Hall–Kier alpha value is -3.03. The second-order valence-electron chi connectivity index (χ2n) is 8.92. The second-order valence-corrected chi connectivity index (χ2v) is 10.1. The van der Waals surface area contributed by atoms with Gasteiger partial charge in [-0.1, -0.05) is 0 Å². The molecule has 3 aromatic rings. The highest BCUT2D eigenvalue weighted by Crippen LogP contribution is 2.34. The first kappa shape index (κ1) is 25.6. The van der Waals surface area contributed by atoms with E-state index < -0.39 is 16.7 Å². The van der Waals surface area contributed by atoms with Crippen molar-refractivity contribution in [1.82, 2.24) is 19.9 Å². The molecule has 2 fully saturated rings. The summed E-state index contributed by atoms with van der Waals surface area (Å²) in [4.78, 5) is 25.7. The number of ether oxygens (including phenoxy) is 1. The summed E-state index contributed by atoms with van der Waals surface area (Å²) in [6.07, 6.45) is -4.33. The zero-order valence-corrected chi connectivity index (χ0v) is 20.7. The fraction of sp³-hybridized carbons (Fsp3) is 0.458. The van der Waals surface area contributed by atoms with Gasteiger partial charge in [-0.25, -0.2) is 9.18 Å². The Morgan fingerprint density at radius 3 is 2.41 bits per heavy atom. The van der Waals surface area contributed by atoms with Crippen molar-refractivity contribution in [3.05, 3.63) is 68.3 Å². The Balaban J connectivity index is 1.37. The summed E-state index contributed by atoms with van der Waals surface area (Å²) in [5.41, 5.74) is 0.348. The number of nitrogens with zero attached hydrogens (tertiary/aromatic N) is 5. The smallest absolute Gasteiger partial charge is 0.375 e. The van der Waals surface area contributed by atoms with Gasteiger partial charge in [0.2, 0.25) is 5.95 Å². The van der Waals surface area contributed by atoms with Crippen LogP contribution in [0.3, 0.4) is 0 Å². The number of alkyl halides is 3. The van der Waals surface area contributed by atoms with Crippen LogP contribution in [0.25, 0.3) is 0 Å². The molecule has 5 rings (SSSR count). The van der Waals surface area contributed by atoms with E-state index in [0.29, 0.717) is 73.7 Å². The molecule has 2 aliphatic rings. The lowest BCUT2D eigenvalue weighted by Gasteiger charge is -2.36. The number of morpholine rings is 1. The SMILES string of the molecule is O=c1nc(N2CCN(c3ccc(F)cc3)CC2)nc(CC2CNCCO2)n1Cc1ccc(C(F)(F)F)s1. The normalized spacial score (nSPS) is 18.9. The van der Waals surface area contributed by atoms with Crippen molar-refractivity contribution < 1.29 is 22.3 Å². The topological polar surface area (TPSA) is 75.5 Å². The van der Waals surface area contributed by atoms with Crippen molar-refractivity contribution in [2.45, 2.75) is 25.2 Å². The molecule has 0 amide bonds. The predicted octanol–water partition coefficient (Wildman–Crippen LogP) is 2.76. The molecule has 13 heteroatoms. The molecule has 198 valence electrons. The van der Waals surface area contributed by atoms with Gasteiger partial charge in [0, 0.05) is 56.3 Å². The van der Waals surface area contributed by atoms with Crippen LogP contribution in [0.5, 0.6) is 0 Å². The van der Waals surface area contributed by atoms with Gasteiger partial charge < -0.3 is 19.9 Å². The second kappa shape index (κ2) is 10.8. The van der Waals surface area contributed by atoms with Gasteiger partial charge in [-0.05, 0) is 36.4 Å². The summed E-state index contributed by atoms with van der Waals surface area (Å²) in [7, 11) is 0. The van der Waals surface area contributed by atoms with Crippen LogP contribution < -0.4 is 20.8 Å². The van der Waals surface area contributed by atoms with E-state index in [-0.39, 0.29) is 18.5 Å². The lowest BCUT2D eigenvalue weighted by Crippen LogP contribution is -2.48. The maximum atomic E-state index is 13.3. The molecule has 2 aliphatic heterocycles. The minimum absolute atomic E-state index is 0.0479. The van der Waals surface area contributed by atoms with Crippen molar-refractivity contribution in [3.8, 4) is 0 Å². The molecule has 0 radical (unpaired) electrons. The molecule has 0 saturated carbocycles. The summed E-state index contributed by atoms with van der Waals surface area (Å²) in [6, 6.07) is 8.70. The standard InChI is InChI=1S/C24H26F4N6O2S/c25-16-1-3-17(4-2-16)32-8-10-33(11-9-32)22-30-21(13-18-14-29-7-12-36-18)34(23(35)31-22)15-19-5-6-20(37-19)24(26,27)28/h1-6,18,29H,7-15H2. The van der Waals surface area contributed by atoms with Crippen molar-refractivity contribution in [3.63, 3.8) is 0 Å². The average Bonchev–Trinajstić information content (AvgIpc) is 3.37. The highest BCUT2D eigenvalue weighted by Gasteiger charge is 2.32. The van der Waals surface area contributed by atoms with E-state index in [0.717, 1.165) is 18.3 Å². The minimum Gasteiger partial charge on any atom is -0.375 e. The van der Waals surface area contributed by atoms with Crippen LogP contribution in [0.2, 0.25) is 0 Å². The molecule has 1 atom stereocenters. The molecule has 0 aliphatic carbocycles. The van der Waals surface area contributed by atoms with Crippen LogP contribution in [-0.2, 0) is 23.9 Å². The Morgan fingerprint density at radius 2 is 1.76 bits per heavy atom. The molecule has 0 bridgehead atoms. The Labute approximate surface area is 214 Å². The van der Waals surface area contributed by atoms with Crippen molar-refractivity contribution >= 4 is 23.0 Å². The highest BCUT2D eigenvalue weighted by molar-refractivity contribution is 7.12.